The molecule has 0 aliphatic heterocycles. The molecule has 1 unspecified atom stereocenters. The van der Waals surface area contributed by atoms with E-state index in [9.17, 15) is 14.4 Å². The van der Waals surface area contributed by atoms with Crippen LogP contribution in [0.4, 0.5) is 0 Å². The van der Waals surface area contributed by atoms with Crippen molar-refractivity contribution in [2.24, 2.45) is 0 Å². The number of allylic oxidation sites excluding steroid dienone is 2. The van der Waals surface area contributed by atoms with Crippen molar-refractivity contribution in [1.82, 2.24) is 0 Å². The summed E-state index contributed by atoms with van der Waals surface area (Å²) in [4.78, 5) is 38.1. The molecule has 0 aliphatic carbocycles. The van der Waals surface area contributed by atoms with Crippen molar-refractivity contribution in [2.45, 2.75) is 348 Å². The van der Waals surface area contributed by atoms with E-state index in [0.29, 0.717) is 19.3 Å². The number of hydrogen-bond acceptors (Lipinski definition) is 6. The predicted octanol–water partition coefficient (Wildman–Crippen LogP) is 20.1. The van der Waals surface area contributed by atoms with Gasteiger partial charge in [-0.3, -0.25) is 14.4 Å². The molecule has 396 valence electrons. The molecule has 0 aromatic rings. The monoisotopic (exact) mass is 945 g/mol. The topological polar surface area (TPSA) is 78.9 Å². The average Bonchev–Trinajstić information content (AvgIpc) is 3.33. The summed E-state index contributed by atoms with van der Waals surface area (Å²) >= 11 is 0. The molecule has 0 saturated heterocycles. The summed E-state index contributed by atoms with van der Waals surface area (Å²) in [5.41, 5.74) is 0. The molecule has 0 bridgehead atoms. The molecule has 0 rings (SSSR count). The Morgan fingerprint density at radius 3 is 0.746 bits per heavy atom. The number of ether oxygens (including phenoxy) is 3. The van der Waals surface area contributed by atoms with E-state index in [-0.39, 0.29) is 31.1 Å². The summed E-state index contributed by atoms with van der Waals surface area (Å²) in [7, 11) is 0. The Kier molecular flexibility index (Phi) is 55.2. The Labute approximate surface area is 418 Å². The largest absolute Gasteiger partial charge is 0.462 e. The zero-order valence-corrected chi connectivity index (χ0v) is 45.5. The van der Waals surface area contributed by atoms with Crippen LogP contribution in [0.15, 0.2) is 12.2 Å². The highest BCUT2D eigenvalue weighted by Crippen LogP contribution is 2.17. The summed E-state index contributed by atoms with van der Waals surface area (Å²) in [5.74, 6) is -0.850. The smallest absolute Gasteiger partial charge is 0.306 e. The molecule has 6 nitrogen and oxygen atoms in total. The summed E-state index contributed by atoms with van der Waals surface area (Å²) in [6, 6.07) is 0. The lowest BCUT2D eigenvalue weighted by Gasteiger charge is -2.18. The first kappa shape index (κ1) is 65.1. The van der Waals surface area contributed by atoms with Crippen molar-refractivity contribution in [1.29, 1.82) is 0 Å². The van der Waals surface area contributed by atoms with Gasteiger partial charge >= 0.3 is 17.9 Å². The molecule has 0 aromatic carbocycles. The van der Waals surface area contributed by atoms with E-state index in [1.807, 2.05) is 0 Å². The standard InChI is InChI=1S/C61H116O6/c1-4-7-10-13-16-19-22-25-27-29-30-31-32-33-35-36-39-42-45-48-51-54-60(63)66-57-58(56-65-59(62)53-50-47-44-41-38-24-21-18-15-12-9-6-3)67-61(64)55-52-49-46-43-40-37-34-28-26-23-20-17-14-11-8-5-2/h28,34,58H,4-27,29-33,35-57H2,1-3H3/b34-28-. The fraction of sp³-hybridized carbons (Fsp3) is 0.918. The van der Waals surface area contributed by atoms with Crippen LogP contribution in [-0.2, 0) is 28.6 Å². The molecule has 6 heteroatoms. The number of hydrogen-bond donors (Lipinski definition) is 0. The second-order valence-electron chi connectivity index (χ2n) is 20.6. The van der Waals surface area contributed by atoms with Gasteiger partial charge in [0.1, 0.15) is 13.2 Å². The Morgan fingerprint density at radius 1 is 0.284 bits per heavy atom. The van der Waals surface area contributed by atoms with Gasteiger partial charge in [0.2, 0.25) is 0 Å². The van der Waals surface area contributed by atoms with Crippen LogP contribution in [0, 0.1) is 0 Å². The van der Waals surface area contributed by atoms with Gasteiger partial charge in [0.15, 0.2) is 6.10 Å². The molecule has 0 N–H and O–H groups in total. The minimum atomic E-state index is -0.769. The number of carbonyl (C=O) groups is 3. The first-order valence-electron chi connectivity index (χ1n) is 30.2. The van der Waals surface area contributed by atoms with Crippen molar-refractivity contribution >= 4 is 17.9 Å². The molecular formula is C61H116O6. The second kappa shape index (κ2) is 56.7. The van der Waals surface area contributed by atoms with Crippen molar-refractivity contribution in [2.75, 3.05) is 13.2 Å². The zero-order valence-electron chi connectivity index (χ0n) is 45.5. The Bertz CT molecular complexity index is 1040. The molecule has 0 heterocycles. The van der Waals surface area contributed by atoms with Gasteiger partial charge in [0.05, 0.1) is 0 Å². The first-order valence-corrected chi connectivity index (χ1v) is 30.2. The van der Waals surface area contributed by atoms with Crippen molar-refractivity contribution in [3.8, 4) is 0 Å². The fourth-order valence-electron chi connectivity index (χ4n) is 9.21. The lowest BCUT2D eigenvalue weighted by atomic mass is 10.0. The molecule has 1 atom stereocenters. The van der Waals surface area contributed by atoms with Crippen LogP contribution in [-0.4, -0.2) is 37.2 Å². The van der Waals surface area contributed by atoms with Gasteiger partial charge in [-0.2, -0.15) is 0 Å². The highest BCUT2D eigenvalue weighted by atomic mass is 16.6. The second-order valence-corrected chi connectivity index (χ2v) is 20.6. The van der Waals surface area contributed by atoms with Crippen LogP contribution in [0.25, 0.3) is 0 Å². The highest BCUT2D eigenvalue weighted by Gasteiger charge is 2.19. The maximum absolute atomic E-state index is 12.8. The van der Waals surface area contributed by atoms with Gasteiger partial charge in [-0.25, -0.2) is 0 Å². The van der Waals surface area contributed by atoms with Gasteiger partial charge in [0, 0.05) is 19.3 Å². The van der Waals surface area contributed by atoms with Crippen LogP contribution in [0.2, 0.25) is 0 Å². The number of rotatable bonds is 56. The molecule has 67 heavy (non-hydrogen) atoms. The van der Waals surface area contributed by atoms with Gasteiger partial charge in [-0.1, -0.05) is 290 Å². The molecule has 0 amide bonds. The number of unbranched alkanes of at least 4 members (excludes halogenated alkanes) is 43. The normalized spacial score (nSPS) is 12.0. The average molecular weight is 946 g/mol. The molecule has 0 radical (unpaired) electrons. The lowest BCUT2D eigenvalue weighted by Crippen LogP contribution is -2.30. The Balaban J connectivity index is 4.25. The molecule has 0 spiro atoms. The zero-order chi connectivity index (χ0) is 48.6. The SMILES string of the molecule is CCCCCCCCC/C=C\CCCCCCCC(=O)OC(COC(=O)CCCCCCCCCCCCCC)COC(=O)CCCCCCCCCCCCCCCCCCCCCCC. The number of carbonyl (C=O) groups excluding carboxylic acids is 3. The molecule has 0 aromatic heterocycles. The molecule has 0 aliphatic rings. The van der Waals surface area contributed by atoms with Crippen LogP contribution in [0.1, 0.15) is 342 Å². The Morgan fingerprint density at radius 2 is 0.493 bits per heavy atom. The third kappa shape index (κ3) is 55.0. The summed E-state index contributed by atoms with van der Waals surface area (Å²) in [5, 5.41) is 0. The van der Waals surface area contributed by atoms with Crippen LogP contribution in [0.5, 0.6) is 0 Å². The van der Waals surface area contributed by atoms with Crippen molar-refractivity contribution < 1.29 is 28.6 Å². The van der Waals surface area contributed by atoms with E-state index in [1.165, 1.54) is 238 Å². The summed E-state index contributed by atoms with van der Waals surface area (Å²) in [6.45, 7) is 6.69. The van der Waals surface area contributed by atoms with E-state index in [0.717, 1.165) is 64.2 Å². The third-order valence-electron chi connectivity index (χ3n) is 13.8. The molecule has 0 fully saturated rings. The fourth-order valence-corrected chi connectivity index (χ4v) is 9.21. The highest BCUT2D eigenvalue weighted by molar-refractivity contribution is 5.71. The van der Waals surface area contributed by atoms with E-state index in [2.05, 4.69) is 32.9 Å². The quantitative estimate of drug-likeness (QED) is 0.0262. The van der Waals surface area contributed by atoms with Crippen LogP contribution < -0.4 is 0 Å². The van der Waals surface area contributed by atoms with E-state index in [1.54, 1.807) is 0 Å². The predicted molar refractivity (Wildman–Crippen MR) is 289 cm³/mol. The Hall–Kier alpha value is -1.85. The van der Waals surface area contributed by atoms with Crippen LogP contribution in [0.3, 0.4) is 0 Å². The van der Waals surface area contributed by atoms with E-state index < -0.39 is 6.10 Å². The van der Waals surface area contributed by atoms with Crippen LogP contribution >= 0.6 is 0 Å². The van der Waals surface area contributed by atoms with Gasteiger partial charge in [-0.15, -0.1) is 0 Å². The van der Waals surface area contributed by atoms with Gasteiger partial charge in [0.25, 0.3) is 0 Å². The third-order valence-corrected chi connectivity index (χ3v) is 13.8. The minimum absolute atomic E-state index is 0.0673. The van der Waals surface area contributed by atoms with Gasteiger partial charge in [-0.05, 0) is 44.9 Å². The van der Waals surface area contributed by atoms with Crippen molar-refractivity contribution in [3.63, 3.8) is 0 Å². The minimum Gasteiger partial charge on any atom is -0.462 e. The molecular weight excluding hydrogens is 829 g/mol. The maximum atomic E-state index is 12.8. The lowest BCUT2D eigenvalue weighted by molar-refractivity contribution is -0.167. The van der Waals surface area contributed by atoms with Gasteiger partial charge < -0.3 is 14.2 Å². The molecule has 0 saturated carbocycles. The van der Waals surface area contributed by atoms with E-state index in [4.69, 9.17) is 14.2 Å². The first-order chi connectivity index (χ1) is 33.0. The van der Waals surface area contributed by atoms with Crippen molar-refractivity contribution in [3.05, 3.63) is 12.2 Å². The summed E-state index contributed by atoms with van der Waals surface area (Å²) < 4.78 is 16.9. The summed E-state index contributed by atoms with van der Waals surface area (Å²) in [6.07, 6.45) is 65.0. The maximum Gasteiger partial charge on any atom is 0.306 e. The number of esters is 3. The van der Waals surface area contributed by atoms with E-state index >= 15 is 0 Å².